The summed E-state index contributed by atoms with van der Waals surface area (Å²) < 4.78 is 1.01. The van der Waals surface area contributed by atoms with Gasteiger partial charge in [-0.05, 0) is 38.0 Å². The van der Waals surface area contributed by atoms with Crippen LogP contribution >= 0.6 is 15.9 Å². The van der Waals surface area contributed by atoms with Crippen LogP contribution in [0.4, 0.5) is 5.69 Å². The predicted octanol–water partition coefficient (Wildman–Crippen LogP) is 3.47. The van der Waals surface area contributed by atoms with E-state index in [9.17, 15) is 4.79 Å². The maximum Gasteiger partial charge on any atom is 0.242 e. The third-order valence-electron chi connectivity index (χ3n) is 2.79. The minimum Gasteiger partial charge on any atom is -0.374 e. The molecule has 1 amide bonds. The standard InChI is InChI=1S/C14H21BrN2O/c1-4-5-8-16-14(18)11(3)17-13-9-12(15)7-6-10(13)2/h6-7,9,11,17H,4-5,8H2,1-3H3,(H,16,18). The highest BCUT2D eigenvalue weighted by Gasteiger charge is 2.12. The Balaban J connectivity index is 2.55. The molecule has 1 aromatic rings. The number of aryl methyl sites for hydroxylation is 1. The summed E-state index contributed by atoms with van der Waals surface area (Å²) in [4.78, 5) is 11.8. The lowest BCUT2D eigenvalue weighted by Gasteiger charge is -2.17. The van der Waals surface area contributed by atoms with Crippen molar-refractivity contribution >= 4 is 27.5 Å². The smallest absolute Gasteiger partial charge is 0.242 e. The number of carbonyl (C=O) groups is 1. The highest BCUT2D eigenvalue weighted by molar-refractivity contribution is 9.10. The number of nitrogens with one attached hydrogen (secondary N) is 2. The fourth-order valence-corrected chi connectivity index (χ4v) is 1.95. The Morgan fingerprint density at radius 3 is 2.83 bits per heavy atom. The molecule has 0 heterocycles. The van der Waals surface area contributed by atoms with E-state index in [-0.39, 0.29) is 11.9 Å². The molecular formula is C14H21BrN2O. The highest BCUT2D eigenvalue weighted by atomic mass is 79.9. The molecule has 0 aliphatic rings. The van der Waals surface area contributed by atoms with Crippen LogP contribution in [0.3, 0.4) is 0 Å². The second-order valence-electron chi connectivity index (χ2n) is 4.47. The Morgan fingerprint density at radius 1 is 1.44 bits per heavy atom. The number of amides is 1. The number of rotatable bonds is 6. The third kappa shape index (κ3) is 4.69. The van der Waals surface area contributed by atoms with Crippen LogP contribution in [0, 0.1) is 6.92 Å². The Kier molecular flexibility index (Phi) is 6.19. The first-order valence-corrected chi connectivity index (χ1v) is 7.14. The van der Waals surface area contributed by atoms with Gasteiger partial charge in [-0.1, -0.05) is 35.3 Å². The normalized spacial score (nSPS) is 12.0. The largest absolute Gasteiger partial charge is 0.374 e. The molecule has 1 unspecified atom stereocenters. The predicted molar refractivity (Wildman–Crippen MR) is 79.9 cm³/mol. The molecule has 0 spiro atoms. The Bertz CT molecular complexity index is 407. The molecule has 3 nitrogen and oxygen atoms in total. The summed E-state index contributed by atoms with van der Waals surface area (Å²) in [6.45, 7) is 6.76. The van der Waals surface area contributed by atoms with E-state index in [2.05, 4.69) is 33.5 Å². The van der Waals surface area contributed by atoms with Crippen molar-refractivity contribution in [3.05, 3.63) is 28.2 Å². The molecular weight excluding hydrogens is 292 g/mol. The van der Waals surface area contributed by atoms with E-state index in [1.165, 1.54) is 0 Å². The summed E-state index contributed by atoms with van der Waals surface area (Å²) in [6.07, 6.45) is 2.11. The molecule has 0 saturated carbocycles. The summed E-state index contributed by atoms with van der Waals surface area (Å²) in [5.41, 5.74) is 2.12. The van der Waals surface area contributed by atoms with Crippen LogP contribution in [0.15, 0.2) is 22.7 Å². The van der Waals surface area contributed by atoms with E-state index in [1.807, 2.05) is 32.0 Å². The fourth-order valence-electron chi connectivity index (χ4n) is 1.59. The van der Waals surface area contributed by atoms with Gasteiger partial charge in [0.05, 0.1) is 0 Å². The number of benzene rings is 1. The van der Waals surface area contributed by atoms with Gasteiger partial charge >= 0.3 is 0 Å². The molecule has 1 aromatic carbocycles. The lowest BCUT2D eigenvalue weighted by Crippen LogP contribution is -2.38. The zero-order valence-corrected chi connectivity index (χ0v) is 12.8. The van der Waals surface area contributed by atoms with Gasteiger partial charge in [0.1, 0.15) is 6.04 Å². The fraction of sp³-hybridized carbons (Fsp3) is 0.500. The van der Waals surface area contributed by atoms with Gasteiger partial charge in [-0.3, -0.25) is 4.79 Å². The number of carbonyl (C=O) groups excluding carboxylic acids is 1. The topological polar surface area (TPSA) is 41.1 Å². The molecule has 2 N–H and O–H groups in total. The number of hydrogen-bond acceptors (Lipinski definition) is 2. The molecule has 0 aliphatic heterocycles. The molecule has 1 atom stereocenters. The summed E-state index contributed by atoms with van der Waals surface area (Å²) in [5.74, 6) is 0.0443. The van der Waals surface area contributed by atoms with Crippen molar-refractivity contribution in [1.82, 2.24) is 5.32 Å². The lowest BCUT2D eigenvalue weighted by atomic mass is 10.2. The highest BCUT2D eigenvalue weighted by Crippen LogP contribution is 2.21. The molecule has 100 valence electrons. The van der Waals surface area contributed by atoms with E-state index in [1.54, 1.807) is 0 Å². The van der Waals surface area contributed by atoms with Gasteiger partial charge in [-0.25, -0.2) is 0 Å². The van der Waals surface area contributed by atoms with E-state index < -0.39 is 0 Å². The van der Waals surface area contributed by atoms with Crippen LogP contribution in [0.2, 0.25) is 0 Å². The van der Waals surface area contributed by atoms with E-state index >= 15 is 0 Å². The third-order valence-corrected chi connectivity index (χ3v) is 3.29. The number of halogens is 1. The minimum atomic E-state index is -0.227. The van der Waals surface area contributed by atoms with Gasteiger partial charge in [-0.2, -0.15) is 0 Å². The monoisotopic (exact) mass is 312 g/mol. The first-order chi connectivity index (χ1) is 8.54. The Labute approximate surface area is 117 Å². The molecule has 0 aromatic heterocycles. The van der Waals surface area contributed by atoms with Gasteiger partial charge in [0.2, 0.25) is 5.91 Å². The van der Waals surface area contributed by atoms with Crippen LogP contribution in [-0.4, -0.2) is 18.5 Å². The molecule has 1 rings (SSSR count). The van der Waals surface area contributed by atoms with E-state index in [0.717, 1.165) is 35.1 Å². The maximum atomic E-state index is 11.8. The van der Waals surface area contributed by atoms with Gasteiger partial charge < -0.3 is 10.6 Å². The Morgan fingerprint density at radius 2 is 2.17 bits per heavy atom. The second-order valence-corrected chi connectivity index (χ2v) is 5.39. The van der Waals surface area contributed by atoms with Crippen LogP contribution in [-0.2, 0) is 4.79 Å². The summed E-state index contributed by atoms with van der Waals surface area (Å²) >= 11 is 3.43. The first-order valence-electron chi connectivity index (χ1n) is 6.35. The van der Waals surface area contributed by atoms with Gasteiger partial charge in [0, 0.05) is 16.7 Å². The zero-order valence-electron chi connectivity index (χ0n) is 11.2. The first kappa shape index (κ1) is 15.0. The van der Waals surface area contributed by atoms with E-state index in [4.69, 9.17) is 0 Å². The molecule has 18 heavy (non-hydrogen) atoms. The van der Waals surface area contributed by atoms with Crippen molar-refractivity contribution in [1.29, 1.82) is 0 Å². The van der Waals surface area contributed by atoms with Crippen molar-refractivity contribution in [2.45, 2.75) is 39.7 Å². The van der Waals surface area contributed by atoms with Crippen molar-refractivity contribution in [2.24, 2.45) is 0 Å². The van der Waals surface area contributed by atoms with Crippen molar-refractivity contribution in [3.63, 3.8) is 0 Å². The van der Waals surface area contributed by atoms with Crippen molar-refractivity contribution in [3.8, 4) is 0 Å². The SMILES string of the molecule is CCCCNC(=O)C(C)Nc1cc(Br)ccc1C. The second kappa shape index (κ2) is 7.41. The summed E-state index contributed by atoms with van der Waals surface area (Å²) in [5, 5.41) is 6.16. The summed E-state index contributed by atoms with van der Waals surface area (Å²) in [7, 11) is 0. The van der Waals surface area contributed by atoms with Gasteiger partial charge in [-0.15, -0.1) is 0 Å². The van der Waals surface area contributed by atoms with Gasteiger partial charge in [0.15, 0.2) is 0 Å². The van der Waals surface area contributed by atoms with Crippen LogP contribution in [0.5, 0.6) is 0 Å². The van der Waals surface area contributed by atoms with Crippen molar-refractivity contribution in [2.75, 3.05) is 11.9 Å². The van der Waals surface area contributed by atoms with E-state index in [0.29, 0.717) is 0 Å². The zero-order chi connectivity index (χ0) is 13.5. The Hall–Kier alpha value is -1.03. The number of anilines is 1. The molecule has 0 saturated heterocycles. The van der Waals surface area contributed by atoms with Gasteiger partial charge in [0.25, 0.3) is 0 Å². The van der Waals surface area contributed by atoms with Crippen LogP contribution in [0.1, 0.15) is 32.3 Å². The molecule has 0 aliphatic carbocycles. The number of unbranched alkanes of at least 4 members (excludes halogenated alkanes) is 1. The number of hydrogen-bond donors (Lipinski definition) is 2. The minimum absolute atomic E-state index is 0.0443. The summed E-state index contributed by atoms with van der Waals surface area (Å²) in [6, 6.07) is 5.78. The van der Waals surface area contributed by atoms with Crippen molar-refractivity contribution < 1.29 is 4.79 Å². The molecule has 0 radical (unpaired) electrons. The molecule has 4 heteroatoms. The maximum absolute atomic E-state index is 11.8. The lowest BCUT2D eigenvalue weighted by molar-refractivity contribution is -0.121. The van der Waals surface area contributed by atoms with Crippen LogP contribution in [0.25, 0.3) is 0 Å². The van der Waals surface area contributed by atoms with Crippen LogP contribution < -0.4 is 10.6 Å². The molecule has 0 fully saturated rings. The quantitative estimate of drug-likeness (QED) is 0.790. The average molecular weight is 313 g/mol. The average Bonchev–Trinajstić information content (AvgIpc) is 2.34. The molecule has 0 bridgehead atoms.